The van der Waals surface area contributed by atoms with Crippen molar-refractivity contribution in [2.75, 3.05) is 7.05 Å². The summed E-state index contributed by atoms with van der Waals surface area (Å²) in [7, 11) is 1.63. The van der Waals surface area contributed by atoms with Crippen LogP contribution in [0.5, 0.6) is 0 Å². The highest BCUT2D eigenvalue weighted by Gasteiger charge is 2.05. The number of aliphatic carboxylic acids is 1. The first-order valence-corrected chi connectivity index (χ1v) is 3.05. The van der Waals surface area contributed by atoms with Crippen molar-refractivity contribution in [2.24, 2.45) is 0 Å². The molecule has 0 amide bonds. The molecule has 2 N–H and O–H groups in total. The van der Waals surface area contributed by atoms with Gasteiger partial charge in [0.25, 0.3) is 0 Å². The van der Waals surface area contributed by atoms with E-state index in [9.17, 15) is 9.59 Å². The summed E-state index contributed by atoms with van der Waals surface area (Å²) in [5.74, 6) is -0.873. The molecule has 0 spiro atoms. The van der Waals surface area contributed by atoms with Crippen LogP contribution in [0.25, 0.3) is 0 Å². The molecule has 0 heterocycles. The van der Waals surface area contributed by atoms with Gasteiger partial charge in [-0.15, -0.1) is 0 Å². The van der Waals surface area contributed by atoms with Gasteiger partial charge in [0, 0.05) is 6.42 Å². The average Bonchev–Trinajstić information content (AvgIpc) is 1.90. The fourth-order valence-electron chi connectivity index (χ4n) is 0.559. The lowest BCUT2D eigenvalue weighted by molar-refractivity contribution is -0.137. The van der Waals surface area contributed by atoms with E-state index in [1.165, 1.54) is 0 Å². The minimum atomic E-state index is -0.873. The zero-order chi connectivity index (χ0) is 7.98. The van der Waals surface area contributed by atoms with Crippen molar-refractivity contribution in [3.63, 3.8) is 0 Å². The lowest BCUT2D eigenvalue weighted by Gasteiger charge is -2.04. The van der Waals surface area contributed by atoms with Crippen LogP contribution in [-0.4, -0.2) is 30.5 Å². The predicted octanol–water partition coefficient (Wildman–Crippen LogP) is -0.362. The van der Waals surface area contributed by atoms with E-state index in [0.29, 0.717) is 12.7 Å². The molecule has 10 heavy (non-hydrogen) atoms. The van der Waals surface area contributed by atoms with Gasteiger partial charge in [0.15, 0.2) is 0 Å². The van der Waals surface area contributed by atoms with Gasteiger partial charge in [-0.2, -0.15) is 0 Å². The number of likely N-dealkylation sites (N-methyl/N-ethyl adjacent to an activating group) is 1. The van der Waals surface area contributed by atoms with Gasteiger partial charge in [0.1, 0.15) is 6.29 Å². The number of carboxylic acids is 1. The number of hydrogen-bond acceptors (Lipinski definition) is 3. The summed E-state index contributed by atoms with van der Waals surface area (Å²) >= 11 is 0. The van der Waals surface area contributed by atoms with Crippen LogP contribution < -0.4 is 5.32 Å². The molecule has 0 radical (unpaired) electrons. The Morgan fingerprint density at radius 1 is 1.80 bits per heavy atom. The molecule has 4 heteroatoms. The van der Waals surface area contributed by atoms with Crippen molar-refractivity contribution in [3.05, 3.63) is 0 Å². The molecule has 0 aromatic heterocycles. The number of rotatable bonds is 5. The molecule has 0 aliphatic carbocycles. The SMILES string of the molecule is CN[C@H](C=O)CCC(=O)O. The maximum atomic E-state index is 10.1. The van der Waals surface area contributed by atoms with E-state index < -0.39 is 5.97 Å². The Morgan fingerprint density at radius 2 is 2.40 bits per heavy atom. The van der Waals surface area contributed by atoms with Gasteiger partial charge in [0.2, 0.25) is 0 Å². The van der Waals surface area contributed by atoms with E-state index in [-0.39, 0.29) is 12.5 Å². The first-order chi connectivity index (χ1) is 4.70. The number of carbonyl (C=O) groups is 2. The summed E-state index contributed by atoms with van der Waals surface area (Å²) in [6, 6.07) is -0.323. The largest absolute Gasteiger partial charge is 0.481 e. The molecule has 0 saturated carbocycles. The van der Waals surface area contributed by atoms with Crippen molar-refractivity contribution < 1.29 is 14.7 Å². The molecule has 1 atom stereocenters. The van der Waals surface area contributed by atoms with Crippen molar-refractivity contribution in [2.45, 2.75) is 18.9 Å². The van der Waals surface area contributed by atoms with E-state index in [1.807, 2.05) is 0 Å². The Morgan fingerprint density at radius 3 is 2.70 bits per heavy atom. The minimum Gasteiger partial charge on any atom is -0.481 e. The van der Waals surface area contributed by atoms with Crippen molar-refractivity contribution in [3.8, 4) is 0 Å². The number of aldehydes is 1. The summed E-state index contributed by atoms with van der Waals surface area (Å²) in [5.41, 5.74) is 0. The Kier molecular flexibility index (Phi) is 4.49. The van der Waals surface area contributed by atoms with E-state index in [2.05, 4.69) is 5.32 Å². The highest BCUT2D eigenvalue weighted by atomic mass is 16.4. The molecule has 0 aromatic carbocycles. The van der Waals surface area contributed by atoms with Gasteiger partial charge >= 0.3 is 5.97 Å². The van der Waals surface area contributed by atoms with Gasteiger partial charge in [-0.1, -0.05) is 0 Å². The van der Waals surface area contributed by atoms with E-state index in [1.54, 1.807) is 7.05 Å². The third-order valence-electron chi connectivity index (χ3n) is 1.20. The second kappa shape index (κ2) is 4.93. The minimum absolute atomic E-state index is 0.0320. The molecule has 0 aliphatic heterocycles. The summed E-state index contributed by atoms with van der Waals surface area (Å²) in [5, 5.41) is 10.9. The van der Waals surface area contributed by atoms with Crippen LogP contribution >= 0.6 is 0 Å². The summed E-state index contributed by atoms with van der Waals surface area (Å²) in [4.78, 5) is 20.1. The highest BCUT2D eigenvalue weighted by molar-refractivity contribution is 5.68. The third kappa shape index (κ3) is 4.03. The number of carboxylic acid groups (broad SMARTS) is 1. The Bertz CT molecular complexity index is 124. The number of nitrogens with one attached hydrogen (secondary N) is 1. The second-order valence-corrected chi connectivity index (χ2v) is 1.96. The van der Waals surface area contributed by atoms with Gasteiger partial charge in [-0.3, -0.25) is 4.79 Å². The second-order valence-electron chi connectivity index (χ2n) is 1.96. The highest BCUT2D eigenvalue weighted by Crippen LogP contribution is 1.92. The Balaban J connectivity index is 3.44. The molecule has 0 bridgehead atoms. The van der Waals surface area contributed by atoms with E-state index in [4.69, 9.17) is 5.11 Å². The van der Waals surface area contributed by atoms with Crippen LogP contribution in [0, 0.1) is 0 Å². The van der Waals surface area contributed by atoms with Crippen molar-refractivity contribution >= 4 is 12.3 Å². The number of hydrogen-bond donors (Lipinski definition) is 2. The fraction of sp³-hybridized carbons (Fsp3) is 0.667. The van der Waals surface area contributed by atoms with Crippen LogP contribution in [0.2, 0.25) is 0 Å². The normalized spacial score (nSPS) is 12.5. The van der Waals surface area contributed by atoms with Crippen molar-refractivity contribution in [1.82, 2.24) is 5.32 Å². The quantitative estimate of drug-likeness (QED) is 0.518. The third-order valence-corrected chi connectivity index (χ3v) is 1.20. The zero-order valence-electron chi connectivity index (χ0n) is 5.83. The van der Waals surface area contributed by atoms with Crippen LogP contribution in [0.3, 0.4) is 0 Å². The Labute approximate surface area is 59.2 Å². The van der Waals surface area contributed by atoms with Crippen LogP contribution in [-0.2, 0) is 9.59 Å². The van der Waals surface area contributed by atoms with E-state index in [0.717, 1.165) is 0 Å². The molecule has 58 valence electrons. The van der Waals surface area contributed by atoms with Gasteiger partial charge < -0.3 is 15.2 Å². The fourth-order valence-corrected chi connectivity index (χ4v) is 0.559. The number of carbonyl (C=O) groups excluding carboxylic acids is 1. The standard InChI is InChI=1S/C6H11NO3/c1-7-5(4-8)2-3-6(9)10/h4-5,7H,2-3H2,1H3,(H,9,10)/t5-/m0/s1. The maximum Gasteiger partial charge on any atom is 0.303 e. The van der Waals surface area contributed by atoms with E-state index >= 15 is 0 Å². The molecule has 0 rings (SSSR count). The summed E-state index contributed by atoms with van der Waals surface area (Å²) in [6.07, 6.45) is 1.10. The lowest BCUT2D eigenvalue weighted by atomic mass is 10.2. The maximum absolute atomic E-state index is 10.1. The topological polar surface area (TPSA) is 66.4 Å². The molecule has 4 nitrogen and oxygen atoms in total. The van der Waals surface area contributed by atoms with Gasteiger partial charge in [-0.25, -0.2) is 0 Å². The predicted molar refractivity (Wildman–Crippen MR) is 35.8 cm³/mol. The molecular weight excluding hydrogens is 134 g/mol. The van der Waals surface area contributed by atoms with Crippen LogP contribution in [0.4, 0.5) is 0 Å². The first-order valence-electron chi connectivity index (χ1n) is 3.05. The Hall–Kier alpha value is -0.900. The molecule has 0 unspecified atom stereocenters. The first kappa shape index (κ1) is 9.10. The molecular formula is C6H11NO3. The zero-order valence-corrected chi connectivity index (χ0v) is 5.83. The smallest absolute Gasteiger partial charge is 0.303 e. The summed E-state index contributed by atoms with van der Waals surface area (Å²) in [6.45, 7) is 0. The van der Waals surface area contributed by atoms with Crippen molar-refractivity contribution in [1.29, 1.82) is 0 Å². The lowest BCUT2D eigenvalue weighted by Crippen LogP contribution is -2.27. The van der Waals surface area contributed by atoms with Crippen LogP contribution in [0.1, 0.15) is 12.8 Å². The molecule has 0 aliphatic rings. The van der Waals surface area contributed by atoms with Gasteiger partial charge in [0.05, 0.1) is 6.04 Å². The average molecular weight is 145 g/mol. The van der Waals surface area contributed by atoms with Crippen LogP contribution in [0.15, 0.2) is 0 Å². The monoisotopic (exact) mass is 145 g/mol. The molecule has 0 fully saturated rings. The molecule has 0 saturated heterocycles. The molecule has 0 aromatic rings. The van der Waals surface area contributed by atoms with Gasteiger partial charge in [-0.05, 0) is 13.5 Å². The summed E-state index contributed by atoms with van der Waals surface area (Å²) < 4.78 is 0.